The maximum absolute atomic E-state index is 12.1. The number of H-pyrrole nitrogens is 1. The summed E-state index contributed by atoms with van der Waals surface area (Å²) < 4.78 is 4.64. The number of aromatic hydroxyl groups is 1. The van der Waals surface area contributed by atoms with Gasteiger partial charge in [0.2, 0.25) is 5.88 Å². The Morgan fingerprint density at radius 1 is 1.29 bits per heavy atom. The van der Waals surface area contributed by atoms with E-state index in [1.165, 1.54) is 0 Å². The van der Waals surface area contributed by atoms with Crippen molar-refractivity contribution < 1.29 is 24.2 Å². The number of esters is 1. The number of Topliss-reactive ketones (excluding diaryl/α,β-unsaturated/α-hetero) is 1. The molecule has 0 aliphatic carbocycles. The van der Waals surface area contributed by atoms with Crippen molar-refractivity contribution >= 4 is 28.6 Å². The van der Waals surface area contributed by atoms with Crippen LogP contribution in [0.1, 0.15) is 17.3 Å². The van der Waals surface area contributed by atoms with Gasteiger partial charge in [-0.3, -0.25) is 14.4 Å². The maximum atomic E-state index is 12.1. The molecule has 7 nitrogen and oxygen atoms in total. The summed E-state index contributed by atoms with van der Waals surface area (Å²) in [5, 5.41) is 12.4. The molecule has 7 heteroatoms. The first kappa shape index (κ1) is 14.6. The lowest BCUT2D eigenvalue weighted by Gasteiger charge is -2.04. The van der Waals surface area contributed by atoms with Gasteiger partial charge in [-0.1, -0.05) is 18.2 Å². The van der Waals surface area contributed by atoms with E-state index in [9.17, 15) is 19.5 Å². The molecule has 0 unspecified atom stereocenters. The van der Waals surface area contributed by atoms with Crippen molar-refractivity contribution in [2.45, 2.75) is 6.92 Å². The third-order valence-electron chi connectivity index (χ3n) is 2.82. The maximum Gasteiger partial charge on any atom is 0.325 e. The fraction of sp³-hybridized carbons (Fsp3) is 0.214. The van der Waals surface area contributed by atoms with Crippen LogP contribution in [-0.2, 0) is 14.3 Å². The van der Waals surface area contributed by atoms with Crippen LogP contribution in [0.25, 0.3) is 10.9 Å². The second-order valence-electron chi connectivity index (χ2n) is 4.21. The van der Waals surface area contributed by atoms with Gasteiger partial charge in [0.1, 0.15) is 6.54 Å². The van der Waals surface area contributed by atoms with Gasteiger partial charge in [0, 0.05) is 10.9 Å². The minimum atomic E-state index is -0.983. The molecule has 1 heterocycles. The molecule has 0 saturated carbocycles. The minimum absolute atomic E-state index is 0.119. The number of carbonyl (C=O) groups is 3. The Labute approximate surface area is 119 Å². The van der Waals surface area contributed by atoms with Gasteiger partial charge >= 0.3 is 5.97 Å². The zero-order valence-corrected chi connectivity index (χ0v) is 11.3. The van der Waals surface area contributed by atoms with Crippen molar-refractivity contribution in [2.75, 3.05) is 13.2 Å². The predicted octanol–water partition coefficient (Wildman–Crippen LogP) is 0.735. The van der Waals surface area contributed by atoms with E-state index in [1.54, 1.807) is 31.2 Å². The number of hydrogen-bond acceptors (Lipinski definition) is 5. The summed E-state index contributed by atoms with van der Waals surface area (Å²) in [4.78, 5) is 37.6. The Balaban J connectivity index is 2.16. The summed E-state index contributed by atoms with van der Waals surface area (Å²) in [6.45, 7) is 1.42. The van der Waals surface area contributed by atoms with E-state index in [-0.39, 0.29) is 18.1 Å². The Hall–Kier alpha value is -2.83. The number of aromatic amines is 1. The summed E-state index contributed by atoms with van der Waals surface area (Å²) >= 11 is 0. The monoisotopic (exact) mass is 290 g/mol. The topological polar surface area (TPSA) is 108 Å². The lowest BCUT2D eigenvalue weighted by molar-refractivity contribution is -0.143. The summed E-state index contributed by atoms with van der Waals surface area (Å²) in [5.41, 5.74) is 0.420. The standard InChI is InChI=1S/C14H14N2O5/c1-2-21-10(17)7-15-14(20)12(18)11-8-5-3-4-6-9(8)16-13(11)19/h3-6,16,19H,2,7H2,1H3,(H,15,20). The van der Waals surface area contributed by atoms with Crippen LogP contribution in [0.3, 0.4) is 0 Å². The van der Waals surface area contributed by atoms with Gasteiger partial charge in [0.25, 0.3) is 11.7 Å². The van der Waals surface area contributed by atoms with Crippen molar-refractivity contribution in [1.82, 2.24) is 10.3 Å². The van der Waals surface area contributed by atoms with Gasteiger partial charge in [-0.2, -0.15) is 0 Å². The van der Waals surface area contributed by atoms with Crippen LogP contribution in [0.15, 0.2) is 24.3 Å². The Morgan fingerprint density at radius 2 is 2.00 bits per heavy atom. The van der Waals surface area contributed by atoms with E-state index in [4.69, 9.17) is 0 Å². The third-order valence-corrected chi connectivity index (χ3v) is 2.82. The number of amides is 1. The zero-order valence-electron chi connectivity index (χ0n) is 11.3. The normalized spacial score (nSPS) is 10.3. The molecular formula is C14H14N2O5. The SMILES string of the molecule is CCOC(=O)CNC(=O)C(=O)c1c(O)[nH]c2ccccc12. The van der Waals surface area contributed by atoms with Crippen LogP contribution in [0, 0.1) is 0 Å². The van der Waals surface area contributed by atoms with Crippen molar-refractivity contribution in [3.63, 3.8) is 0 Å². The van der Waals surface area contributed by atoms with Gasteiger partial charge in [0.05, 0.1) is 12.2 Å². The van der Waals surface area contributed by atoms with Crippen molar-refractivity contribution in [3.8, 4) is 5.88 Å². The fourth-order valence-corrected chi connectivity index (χ4v) is 1.92. The van der Waals surface area contributed by atoms with Crippen LogP contribution >= 0.6 is 0 Å². The molecule has 2 rings (SSSR count). The largest absolute Gasteiger partial charge is 0.494 e. The Morgan fingerprint density at radius 3 is 2.71 bits per heavy atom. The number of para-hydroxylation sites is 1. The first-order chi connectivity index (χ1) is 10.0. The Kier molecular flexibility index (Phi) is 4.22. The average molecular weight is 290 g/mol. The van der Waals surface area contributed by atoms with E-state index in [0.29, 0.717) is 10.9 Å². The molecule has 0 saturated heterocycles. The highest BCUT2D eigenvalue weighted by molar-refractivity contribution is 6.45. The molecular weight excluding hydrogens is 276 g/mol. The van der Waals surface area contributed by atoms with E-state index in [2.05, 4.69) is 15.0 Å². The second kappa shape index (κ2) is 6.08. The molecule has 1 aromatic heterocycles. The number of nitrogens with one attached hydrogen (secondary N) is 2. The minimum Gasteiger partial charge on any atom is -0.494 e. The quantitative estimate of drug-likeness (QED) is 0.427. The number of hydrogen-bond donors (Lipinski definition) is 3. The molecule has 0 radical (unpaired) electrons. The molecule has 1 amide bonds. The highest BCUT2D eigenvalue weighted by atomic mass is 16.5. The van der Waals surface area contributed by atoms with Gasteiger partial charge in [-0.05, 0) is 13.0 Å². The number of rotatable bonds is 5. The van der Waals surface area contributed by atoms with Crippen LogP contribution < -0.4 is 5.32 Å². The van der Waals surface area contributed by atoms with Gasteiger partial charge in [0.15, 0.2) is 0 Å². The van der Waals surface area contributed by atoms with Crippen LogP contribution in [-0.4, -0.2) is 40.9 Å². The van der Waals surface area contributed by atoms with Gasteiger partial charge in [-0.15, -0.1) is 0 Å². The fourth-order valence-electron chi connectivity index (χ4n) is 1.92. The number of aromatic nitrogens is 1. The predicted molar refractivity (Wildman–Crippen MR) is 73.9 cm³/mol. The average Bonchev–Trinajstić information content (AvgIpc) is 2.80. The molecule has 0 spiro atoms. The lowest BCUT2D eigenvalue weighted by atomic mass is 10.1. The summed E-state index contributed by atoms with van der Waals surface area (Å²) in [6, 6.07) is 6.69. The second-order valence-corrected chi connectivity index (χ2v) is 4.21. The van der Waals surface area contributed by atoms with Gasteiger partial charge < -0.3 is 20.1 Å². The number of benzene rings is 1. The molecule has 2 aromatic rings. The van der Waals surface area contributed by atoms with E-state index >= 15 is 0 Å². The molecule has 3 N–H and O–H groups in total. The molecule has 0 aliphatic rings. The van der Waals surface area contributed by atoms with Crippen molar-refractivity contribution in [3.05, 3.63) is 29.8 Å². The first-order valence-corrected chi connectivity index (χ1v) is 6.32. The third kappa shape index (κ3) is 3.02. The van der Waals surface area contributed by atoms with Crippen molar-refractivity contribution in [2.24, 2.45) is 0 Å². The first-order valence-electron chi connectivity index (χ1n) is 6.32. The summed E-state index contributed by atoms with van der Waals surface area (Å²) in [6.07, 6.45) is 0. The van der Waals surface area contributed by atoms with Crippen LogP contribution in [0.5, 0.6) is 5.88 Å². The smallest absolute Gasteiger partial charge is 0.325 e. The Bertz CT molecular complexity index is 704. The summed E-state index contributed by atoms with van der Waals surface area (Å²) in [5.74, 6) is -2.92. The number of carbonyl (C=O) groups excluding carboxylic acids is 3. The molecule has 0 fully saturated rings. The van der Waals surface area contributed by atoms with E-state index in [1.807, 2.05) is 0 Å². The molecule has 0 bridgehead atoms. The molecule has 110 valence electrons. The summed E-state index contributed by atoms with van der Waals surface area (Å²) in [7, 11) is 0. The van der Waals surface area contributed by atoms with E-state index < -0.39 is 24.2 Å². The highest BCUT2D eigenvalue weighted by Gasteiger charge is 2.24. The van der Waals surface area contributed by atoms with Crippen LogP contribution in [0.4, 0.5) is 0 Å². The number of ketones is 1. The zero-order chi connectivity index (χ0) is 15.4. The van der Waals surface area contributed by atoms with Crippen LogP contribution in [0.2, 0.25) is 0 Å². The number of fused-ring (bicyclic) bond motifs is 1. The highest BCUT2D eigenvalue weighted by Crippen LogP contribution is 2.27. The lowest BCUT2D eigenvalue weighted by Crippen LogP contribution is -2.35. The van der Waals surface area contributed by atoms with Gasteiger partial charge in [-0.25, -0.2) is 0 Å². The molecule has 0 atom stereocenters. The van der Waals surface area contributed by atoms with Crippen molar-refractivity contribution in [1.29, 1.82) is 0 Å². The van der Waals surface area contributed by atoms with E-state index in [0.717, 1.165) is 0 Å². The molecule has 21 heavy (non-hydrogen) atoms. The molecule has 1 aromatic carbocycles. The molecule has 0 aliphatic heterocycles. The number of ether oxygens (including phenoxy) is 1.